The zero-order valence-corrected chi connectivity index (χ0v) is 7.98. The van der Waals surface area contributed by atoms with Gasteiger partial charge in [0, 0.05) is 18.6 Å². The Morgan fingerprint density at radius 3 is 3.21 bits per heavy atom. The molecule has 1 unspecified atom stereocenters. The largest absolute Gasteiger partial charge is 0.492 e. The van der Waals surface area contributed by atoms with Crippen LogP contribution in [0, 0.1) is 5.92 Å². The van der Waals surface area contributed by atoms with E-state index in [-0.39, 0.29) is 0 Å². The Bertz CT molecular complexity index is 298. The first kappa shape index (κ1) is 9.27. The number of nitrogens with two attached hydrogens (primary N) is 1. The molecule has 76 valence electrons. The van der Waals surface area contributed by atoms with E-state index in [1.165, 1.54) is 0 Å². The highest BCUT2D eigenvalue weighted by atomic mass is 16.5. The van der Waals surface area contributed by atoms with Gasteiger partial charge >= 0.3 is 0 Å². The number of hydrogen-bond acceptors (Lipinski definition) is 4. The Balaban J connectivity index is 1.85. The van der Waals surface area contributed by atoms with Crippen LogP contribution in [0.2, 0.25) is 0 Å². The Morgan fingerprint density at radius 1 is 1.57 bits per heavy atom. The third-order valence-electron chi connectivity index (χ3n) is 2.24. The fraction of sp³-hybridized carbons (Fsp3) is 0.500. The smallest absolute Gasteiger partial charge is 0.139 e. The number of anilines is 1. The third kappa shape index (κ3) is 2.35. The van der Waals surface area contributed by atoms with Crippen molar-refractivity contribution < 1.29 is 9.47 Å². The molecule has 0 amide bonds. The molecule has 0 spiro atoms. The number of rotatable bonds is 3. The number of pyridine rings is 1. The van der Waals surface area contributed by atoms with Crippen molar-refractivity contribution >= 4 is 5.69 Å². The van der Waals surface area contributed by atoms with Crippen LogP contribution in [0.15, 0.2) is 18.5 Å². The molecule has 1 aromatic rings. The van der Waals surface area contributed by atoms with Gasteiger partial charge in [-0.3, -0.25) is 4.98 Å². The molecule has 4 heteroatoms. The van der Waals surface area contributed by atoms with Crippen molar-refractivity contribution in [2.24, 2.45) is 5.92 Å². The first-order valence-electron chi connectivity index (χ1n) is 4.75. The van der Waals surface area contributed by atoms with Crippen LogP contribution in [0.4, 0.5) is 5.69 Å². The van der Waals surface area contributed by atoms with E-state index in [1.807, 2.05) is 0 Å². The van der Waals surface area contributed by atoms with E-state index in [9.17, 15) is 0 Å². The maximum atomic E-state index is 5.58. The maximum absolute atomic E-state index is 5.58. The summed E-state index contributed by atoms with van der Waals surface area (Å²) in [5.41, 5.74) is 6.20. The van der Waals surface area contributed by atoms with Crippen molar-refractivity contribution in [1.29, 1.82) is 0 Å². The molecule has 1 aliphatic heterocycles. The average Bonchev–Trinajstić information content (AvgIpc) is 2.67. The molecule has 1 saturated heterocycles. The van der Waals surface area contributed by atoms with Gasteiger partial charge in [0.2, 0.25) is 0 Å². The number of aromatic nitrogens is 1. The fourth-order valence-corrected chi connectivity index (χ4v) is 1.44. The maximum Gasteiger partial charge on any atom is 0.139 e. The molecule has 1 aliphatic rings. The SMILES string of the molecule is Nc1cncc(OCC2CCOC2)c1. The molecule has 2 rings (SSSR count). The highest BCUT2D eigenvalue weighted by Gasteiger charge is 2.16. The van der Waals surface area contributed by atoms with Crippen LogP contribution < -0.4 is 10.5 Å². The number of ether oxygens (including phenoxy) is 2. The lowest BCUT2D eigenvalue weighted by molar-refractivity contribution is 0.167. The van der Waals surface area contributed by atoms with Gasteiger partial charge in [-0.1, -0.05) is 0 Å². The van der Waals surface area contributed by atoms with Crippen LogP contribution in [0.1, 0.15) is 6.42 Å². The van der Waals surface area contributed by atoms with Crippen LogP contribution in [0.25, 0.3) is 0 Å². The van der Waals surface area contributed by atoms with E-state index in [1.54, 1.807) is 18.5 Å². The van der Waals surface area contributed by atoms with Gasteiger partial charge in [0.25, 0.3) is 0 Å². The van der Waals surface area contributed by atoms with Gasteiger partial charge in [0.1, 0.15) is 5.75 Å². The molecule has 2 heterocycles. The molecule has 1 atom stereocenters. The van der Waals surface area contributed by atoms with Crippen LogP contribution in [-0.4, -0.2) is 24.8 Å². The average molecular weight is 194 g/mol. The second-order valence-corrected chi connectivity index (χ2v) is 3.49. The van der Waals surface area contributed by atoms with Crippen LogP contribution >= 0.6 is 0 Å². The molecule has 0 saturated carbocycles. The van der Waals surface area contributed by atoms with Crippen molar-refractivity contribution in [3.63, 3.8) is 0 Å². The van der Waals surface area contributed by atoms with E-state index in [2.05, 4.69) is 4.98 Å². The van der Waals surface area contributed by atoms with Gasteiger partial charge in [-0.15, -0.1) is 0 Å². The summed E-state index contributed by atoms with van der Waals surface area (Å²) in [6.07, 6.45) is 4.35. The van der Waals surface area contributed by atoms with E-state index >= 15 is 0 Å². The molecule has 0 aromatic carbocycles. The zero-order valence-electron chi connectivity index (χ0n) is 7.98. The van der Waals surface area contributed by atoms with Gasteiger partial charge in [-0.05, 0) is 6.42 Å². The van der Waals surface area contributed by atoms with E-state index in [4.69, 9.17) is 15.2 Å². The summed E-state index contributed by atoms with van der Waals surface area (Å²) >= 11 is 0. The lowest BCUT2D eigenvalue weighted by Crippen LogP contribution is -2.11. The molecule has 1 fully saturated rings. The van der Waals surface area contributed by atoms with Gasteiger partial charge in [0.15, 0.2) is 0 Å². The highest BCUT2D eigenvalue weighted by molar-refractivity contribution is 5.39. The summed E-state index contributed by atoms with van der Waals surface area (Å²) in [5.74, 6) is 1.24. The molecule has 0 radical (unpaired) electrons. The molecule has 2 N–H and O–H groups in total. The van der Waals surface area contributed by atoms with E-state index in [0.29, 0.717) is 18.2 Å². The van der Waals surface area contributed by atoms with Gasteiger partial charge < -0.3 is 15.2 Å². The molecule has 4 nitrogen and oxygen atoms in total. The van der Waals surface area contributed by atoms with Crippen LogP contribution in [0.3, 0.4) is 0 Å². The molecular weight excluding hydrogens is 180 g/mol. The van der Waals surface area contributed by atoms with Crippen LogP contribution in [0.5, 0.6) is 5.75 Å². The van der Waals surface area contributed by atoms with Crippen molar-refractivity contribution in [2.75, 3.05) is 25.6 Å². The number of nitrogens with zero attached hydrogens (tertiary/aromatic N) is 1. The molecule has 0 aliphatic carbocycles. The lowest BCUT2D eigenvalue weighted by Gasteiger charge is -2.09. The third-order valence-corrected chi connectivity index (χ3v) is 2.24. The normalized spacial score (nSPS) is 21.0. The molecule has 1 aromatic heterocycles. The quantitative estimate of drug-likeness (QED) is 0.782. The van der Waals surface area contributed by atoms with E-state index < -0.39 is 0 Å². The lowest BCUT2D eigenvalue weighted by atomic mass is 10.1. The highest BCUT2D eigenvalue weighted by Crippen LogP contribution is 2.17. The van der Waals surface area contributed by atoms with Crippen LogP contribution in [-0.2, 0) is 4.74 Å². The number of nitrogen functional groups attached to an aromatic ring is 1. The summed E-state index contributed by atoms with van der Waals surface area (Å²) in [6.45, 7) is 2.34. The van der Waals surface area contributed by atoms with E-state index in [0.717, 1.165) is 25.4 Å². The van der Waals surface area contributed by atoms with Gasteiger partial charge in [-0.2, -0.15) is 0 Å². The Morgan fingerprint density at radius 2 is 2.50 bits per heavy atom. The number of hydrogen-bond donors (Lipinski definition) is 1. The standard InChI is InChI=1S/C10H14N2O2/c11-9-3-10(5-12-4-9)14-7-8-1-2-13-6-8/h3-5,8H,1-2,6-7,11H2. The molecule has 0 bridgehead atoms. The van der Waals surface area contributed by atoms with Gasteiger partial charge in [-0.25, -0.2) is 0 Å². The summed E-state index contributed by atoms with van der Waals surface area (Å²) in [5, 5.41) is 0. The Hall–Kier alpha value is -1.29. The topological polar surface area (TPSA) is 57.4 Å². The minimum absolute atomic E-state index is 0.511. The van der Waals surface area contributed by atoms with Crippen molar-refractivity contribution in [3.05, 3.63) is 18.5 Å². The van der Waals surface area contributed by atoms with Crippen molar-refractivity contribution in [2.45, 2.75) is 6.42 Å². The second kappa shape index (κ2) is 4.28. The predicted octanol–water partition coefficient (Wildman–Crippen LogP) is 1.08. The monoisotopic (exact) mass is 194 g/mol. The molecular formula is C10H14N2O2. The summed E-state index contributed by atoms with van der Waals surface area (Å²) in [6, 6.07) is 1.78. The van der Waals surface area contributed by atoms with Gasteiger partial charge in [0.05, 0.1) is 31.3 Å². The zero-order chi connectivity index (χ0) is 9.80. The summed E-state index contributed by atoms with van der Waals surface area (Å²) < 4.78 is 10.8. The van der Waals surface area contributed by atoms with Crippen molar-refractivity contribution in [1.82, 2.24) is 4.98 Å². The Labute approximate surface area is 83.0 Å². The minimum atomic E-state index is 0.511. The fourth-order valence-electron chi connectivity index (χ4n) is 1.44. The first-order chi connectivity index (χ1) is 6.84. The molecule has 14 heavy (non-hydrogen) atoms. The Kier molecular flexibility index (Phi) is 2.84. The second-order valence-electron chi connectivity index (χ2n) is 3.49. The first-order valence-corrected chi connectivity index (χ1v) is 4.75. The summed E-state index contributed by atoms with van der Waals surface area (Å²) in [7, 11) is 0. The predicted molar refractivity (Wildman–Crippen MR) is 53.1 cm³/mol. The summed E-state index contributed by atoms with van der Waals surface area (Å²) in [4.78, 5) is 3.95. The minimum Gasteiger partial charge on any atom is -0.492 e. The van der Waals surface area contributed by atoms with Crippen molar-refractivity contribution in [3.8, 4) is 5.75 Å².